The van der Waals surface area contributed by atoms with Crippen molar-refractivity contribution in [3.05, 3.63) is 22.7 Å². The van der Waals surface area contributed by atoms with Crippen molar-refractivity contribution in [2.75, 3.05) is 13.7 Å². The summed E-state index contributed by atoms with van der Waals surface area (Å²) in [4.78, 5) is 0. The molecule has 1 aromatic rings. The van der Waals surface area contributed by atoms with Crippen LogP contribution in [0.2, 0.25) is 0 Å². The summed E-state index contributed by atoms with van der Waals surface area (Å²) in [5, 5.41) is 3.51. The Labute approximate surface area is 123 Å². The molecule has 1 aliphatic rings. The zero-order valence-corrected chi connectivity index (χ0v) is 13.6. The van der Waals surface area contributed by atoms with Crippen LogP contribution in [0.3, 0.4) is 0 Å². The highest BCUT2D eigenvalue weighted by atomic mass is 79.9. The molecule has 1 saturated carbocycles. The van der Waals surface area contributed by atoms with Crippen molar-refractivity contribution in [2.24, 2.45) is 5.41 Å². The zero-order chi connectivity index (χ0) is 14.0. The van der Waals surface area contributed by atoms with Crippen LogP contribution in [0.1, 0.15) is 27.2 Å². The van der Waals surface area contributed by atoms with Gasteiger partial charge in [0.25, 0.3) is 0 Å². The van der Waals surface area contributed by atoms with Gasteiger partial charge in [-0.1, -0.05) is 20.8 Å². The van der Waals surface area contributed by atoms with Crippen LogP contribution in [-0.4, -0.2) is 25.8 Å². The molecule has 1 N–H and O–H groups in total. The molecule has 0 heterocycles. The smallest absolute Gasteiger partial charge is 0.134 e. The molecule has 1 aliphatic carbocycles. The Hall–Kier alpha value is -0.740. The highest BCUT2D eigenvalue weighted by Crippen LogP contribution is 2.44. The monoisotopic (exact) mass is 327 g/mol. The fourth-order valence-corrected chi connectivity index (χ4v) is 2.99. The molecule has 0 saturated heterocycles. The molecule has 0 aromatic heterocycles. The first-order chi connectivity index (χ1) is 8.98. The Bertz CT molecular complexity index is 448. The predicted octanol–water partition coefficient (Wildman–Crippen LogP) is 3.61. The van der Waals surface area contributed by atoms with Crippen molar-refractivity contribution in [1.82, 2.24) is 5.32 Å². The Kier molecular flexibility index (Phi) is 4.41. The minimum absolute atomic E-state index is 0.162. The molecule has 2 rings (SSSR count). The lowest BCUT2D eigenvalue weighted by Gasteiger charge is -2.51. The van der Waals surface area contributed by atoms with E-state index in [0.717, 1.165) is 28.9 Å². The molecule has 0 bridgehead atoms. The maximum Gasteiger partial charge on any atom is 0.134 e. The van der Waals surface area contributed by atoms with Gasteiger partial charge < -0.3 is 14.8 Å². The van der Waals surface area contributed by atoms with Crippen molar-refractivity contribution in [3.8, 4) is 11.5 Å². The van der Waals surface area contributed by atoms with Crippen LogP contribution >= 0.6 is 15.9 Å². The van der Waals surface area contributed by atoms with Gasteiger partial charge in [-0.05, 0) is 40.7 Å². The van der Waals surface area contributed by atoms with Gasteiger partial charge in [0, 0.05) is 17.9 Å². The minimum atomic E-state index is 0.162. The third kappa shape index (κ3) is 2.90. The summed E-state index contributed by atoms with van der Waals surface area (Å²) < 4.78 is 12.3. The van der Waals surface area contributed by atoms with Crippen molar-refractivity contribution in [2.45, 2.75) is 39.3 Å². The third-order valence-electron chi connectivity index (χ3n) is 4.04. The molecular weight excluding hydrogens is 306 g/mol. The molecule has 0 amide bonds. The summed E-state index contributed by atoms with van der Waals surface area (Å²) in [7, 11) is 1.67. The number of nitrogens with one attached hydrogen (secondary N) is 1. The minimum Gasteiger partial charge on any atom is -0.497 e. The van der Waals surface area contributed by atoms with Crippen molar-refractivity contribution in [3.63, 3.8) is 0 Å². The average Bonchev–Trinajstić information content (AvgIpc) is 2.39. The Morgan fingerprint density at radius 1 is 1.42 bits per heavy atom. The lowest BCUT2D eigenvalue weighted by Crippen LogP contribution is -2.62. The Morgan fingerprint density at radius 3 is 2.68 bits per heavy atom. The standard InChI is InChI=1S/C15H22BrNO2/c1-5-17-13-9-14(15(13,2)3)19-12-7-6-10(18-4)8-11(12)16/h6-8,13-14,17H,5,9H2,1-4H3. The van der Waals surface area contributed by atoms with Crippen LogP contribution in [0.15, 0.2) is 22.7 Å². The second kappa shape index (κ2) is 5.71. The van der Waals surface area contributed by atoms with Crippen LogP contribution < -0.4 is 14.8 Å². The second-order valence-electron chi connectivity index (χ2n) is 5.57. The number of ether oxygens (including phenoxy) is 2. The first-order valence-electron chi connectivity index (χ1n) is 6.72. The summed E-state index contributed by atoms with van der Waals surface area (Å²) >= 11 is 3.53. The van der Waals surface area contributed by atoms with Gasteiger partial charge in [0.1, 0.15) is 17.6 Å². The summed E-state index contributed by atoms with van der Waals surface area (Å²) in [6, 6.07) is 6.36. The molecule has 0 spiro atoms. The van der Waals surface area contributed by atoms with Gasteiger partial charge in [-0.25, -0.2) is 0 Å². The van der Waals surface area contributed by atoms with Gasteiger partial charge in [-0.15, -0.1) is 0 Å². The van der Waals surface area contributed by atoms with Crippen molar-refractivity contribution < 1.29 is 9.47 Å². The van der Waals surface area contributed by atoms with E-state index in [0.29, 0.717) is 6.04 Å². The van der Waals surface area contributed by atoms with Crippen LogP contribution in [0.4, 0.5) is 0 Å². The number of hydrogen-bond donors (Lipinski definition) is 1. The van der Waals surface area contributed by atoms with E-state index in [1.165, 1.54) is 0 Å². The number of hydrogen-bond acceptors (Lipinski definition) is 3. The van der Waals surface area contributed by atoms with Crippen LogP contribution in [0.5, 0.6) is 11.5 Å². The zero-order valence-electron chi connectivity index (χ0n) is 12.0. The number of methoxy groups -OCH3 is 1. The summed E-state index contributed by atoms with van der Waals surface area (Å²) in [6.45, 7) is 7.66. The van der Waals surface area contributed by atoms with E-state index < -0.39 is 0 Å². The van der Waals surface area contributed by atoms with E-state index in [9.17, 15) is 0 Å². The summed E-state index contributed by atoms with van der Waals surface area (Å²) in [6.07, 6.45) is 1.31. The van der Waals surface area contributed by atoms with Gasteiger partial charge in [-0.3, -0.25) is 0 Å². The summed E-state index contributed by atoms with van der Waals surface area (Å²) in [5.74, 6) is 1.71. The van der Waals surface area contributed by atoms with E-state index in [1.54, 1.807) is 7.11 Å². The predicted molar refractivity (Wildman–Crippen MR) is 81.0 cm³/mol. The average molecular weight is 328 g/mol. The molecule has 1 fully saturated rings. The summed E-state index contributed by atoms with van der Waals surface area (Å²) in [5.41, 5.74) is 0.162. The quantitative estimate of drug-likeness (QED) is 0.896. The fraction of sp³-hybridized carbons (Fsp3) is 0.600. The molecule has 0 radical (unpaired) electrons. The highest BCUT2D eigenvalue weighted by molar-refractivity contribution is 9.10. The van der Waals surface area contributed by atoms with Gasteiger partial charge in [-0.2, -0.15) is 0 Å². The van der Waals surface area contributed by atoms with E-state index >= 15 is 0 Å². The number of benzene rings is 1. The van der Waals surface area contributed by atoms with Crippen molar-refractivity contribution in [1.29, 1.82) is 0 Å². The normalized spacial score (nSPS) is 24.7. The molecule has 106 valence electrons. The highest BCUT2D eigenvalue weighted by Gasteiger charge is 2.49. The van der Waals surface area contributed by atoms with E-state index in [1.807, 2.05) is 18.2 Å². The lowest BCUT2D eigenvalue weighted by atomic mass is 9.64. The molecule has 1 aromatic carbocycles. The molecule has 2 atom stereocenters. The first-order valence-corrected chi connectivity index (χ1v) is 7.52. The van der Waals surface area contributed by atoms with E-state index in [2.05, 4.69) is 42.0 Å². The fourth-order valence-electron chi connectivity index (χ4n) is 2.54. The number of halogens is 1. The topological polar surface area (TPSA) is 30.5 Å². The molecule has 4 heteroatoms. The molecule has 0 aliphatic heterocycles. The van der Waals surface area contributed by atoms with Gasteiger partial charge in [0.2, 0.25) is 0 Å². The van der Waals surface area contributed by atoms with Gasteiger partial charge in [0.05, 0.1) is 11.6 Å². The second-order valence-corrected chi connectivity index (χ2v) is 6.42. The van der Waals surface area contributed by atoms with Crippen LogP contribution in [0, 0.1) is 5.41 Å². The maximum absolute atomic E-state index is 6.13. The lowest BCUT2D eigenvalue weighted by molar-refractivity contribution is -0.0545. The maximum atomic E-state index is 6.13. The Balaban J connectivity index is 2.03. The largest absolute Gasteiger partial charge is 0.497 e. The van der Waals surface area contributed by atoms with E-state index in [4.69, 9.17) is 9.47 Å². The molecule has 3 nitrogen and oxygen atoms in total. The Morgan fingerprint density at radius 2 is 2.16 bits per heavy atom. The van der Waals surface area contributed by atoms with Gasteiger partial charge in [0.15, 0.2) is 0 Å². The van der Waals surface area contributed by atoms with Gasteiger partial charge >= 0.3 is 0 Å². The first kappa shape index (κ1) is 14.7. The molecular formula is C15H22BrNO2. The molecule has 2 unspecified atom stereocenters. The molecule has 19 heavy (non-hydrogen) atoms. The van der Waals surface area contributed by atoms with Crippen LogP contribution in [0.25, 0.3) is 0 Å². The number of rotatable bonds is 5. The van der Waals surface area contributed by atoms with Crippen molar-refractivity contribution >= 4 is 15.9 Å². The van der Waals surface area contributed by atoms with Crippen LogP contribution in [-0.2, 0) is 0 Å². The SMILES string of the molecule is CCNC1CC(Oc2ccc(OC)cc2Br)C1(C)C. The third-order valence-corrected chi connectivity index (χ3v) is 4.66. The van der Waals surface area contributed by atoms with E-state index in [-0.39, 0.29) is 11.5 Å².